The van der Waals surface area contributed by atoms with Crippen LogP contribution in [0.25, 0.3) is 16.5 Å². The van der Waals surface area contributed by atoms with E-state index in [4.69, 9.17) is 0 Å². The molecule has 1 amide bonds. The predicted molar refractivity (Wildman–Crippen MR) is 97.9 cm³/mol. The normalized spacial score (nSPS) is 22.2. The minimum atomic E-state index is -0.0611. The molecule has 2 aliphatic rings. The van der Waals surface area contributed by atoms with Gasteiger partial charge >= 0.3 is 0 Å². The van der Waals surface area contributed by atoms with E-state index in [1.807, 2.05) is 18.7 Å². The topological polar surface area (TPSA) is 37.3 Å². The molecule has 4 nitrogen and oxygen atoms in total. The van der Waals surface area contributed by atoms with Gasteiger partial charge in [-0.1, -0.05) is 24.3 Å². The summed E-state index contributed by atoms with van der Waals surface area (Å²) in [7, 11) is 0. The number of para-hydroxylation sites is 1. The summed E-state index contributed by atoms with van der Waals surface area (Å²) < 4.78 is 2.41. The molecule has 0 aliphatic carbocycles. The van der Waals surface area contributed by atoms with Gasteiger partial charge in [-0.15, -0.1) is 0 Å². The summed E-state index contributed by atoms with van der Waals surface area (Å²) in [5.41, 5.74) is 5.19. The second-order valence-corrected chi connectivity index (χ2v) is 6.84. The smallest absolute Gasteiger partial charge is 0.230 e. The maximum absolute atomic E-state index is 12.8. The lowest BCUT2D eigenvalue weighted by Crippen LogP contribution is -2.47. The van der Waals surface area contributed by atoms with E-state index in [1.54, 1.807) is 0 Å². The van der Waals surface area contributed by atoms with Crippen LogP contribution >= 0.6 is 0 Å². The van der Waals surface area contributed by atoms with Gasteiger partial charge in [0.2, 0.25) is 5.91 Å². The fourth-order valence-electron chi connectivity index (χ4n) is 4.25. The molecular formula is C20H25N3O. The molecule has 1 aromatic heterocycles. The number of carbonyl (C=O) groups excluding carboxylic acids is 1. The summed E-state index contributed by atoms with van der Waals surface area (Å²) in [6.45, 7) is 9.49. The molecule has 0 bridgehead atoms. The molecule has 2 aromatic rings. The average molecular weight is 323 g/mol. The van der Waals surface area contributed by atoms with E-state index in [-0.39, 0.29) is 11.8 Å². The van der Waals surface area contributed by atoms with Crippen LogP contribution in [0.2, 0.25) is 0 Å². The lowest BCUT2D eigenvalue weighted by molar-refractivity contribution is -0.133. The highest BCUT2D eigenvalue weighted by molar-refractivity contribution is 5.96. The molecule has 0 saturated carbocycles. The molecule has 1 N–H and O–H groups in total. The Balaban J connectivity index is 1.79. The molecule has 24 heavy (non-hydrogen) atoms. The zero-order chi connectivity index (χ0) is 16.8. The summed E-state index contributed by atoms with van der Waals surface area (Å²) in [6, 6.07) is 9.06. The first-order valence-electron chi connectivity index (χ1n) is 8.97. The summed E-state index contributed by atoms with van der Waals surface area (Å²) in [5, 5.41) is 4.91. The third kappa shape index (κ3) is 2.20. The zero-order valence-corrected chi connectivity index (χ0v) is 14.7. The van der Waals surface area contributed by atoms with Gasteiger partial charge in [0, 0.05) is 42.8 Å². The minimum absolute atomic E-state index is 0.0611. The standard InChI is InChI=1S/C20H25N3O/c1-4-22(5-2)20(24)15-10-17-16-8-6-7-14-9-13(3)23(19(14)16)12-18(17)21-11-15/h6-10,15,18,21H,4-5,11-12H2,1-3H3. The molecule has 2 aliphatic heterocycles. The van der Waals surface area contributed by atoms with Crippen molar-refractivity contribution in [3.63, 3.8) is 0 Å². The Morgan fingerprint density at radius 1 is 1.33 bits per heavy atom. The number of hydrogen-bond donors (Lipinski definition) is 1. The van der Waals surface area contributed by atoms with Gasteiger partial charge < -0.3 is 14.8 Å². The molecule has 2 atom stereocenters. The summed E-state index contributed by atoms with van der Waals surface area (Å²) in [5.74, 6) is 0.178. The van der Waals surface area contributed by atoms with Crippen molar-refractivity contribution in [3.8, 4) is 0 Å². The Bertz CT molecular complexity index is 829. The van der Waals surface area contributed by atoms with E-state index >= 15 is 0 Å². The van der Waals surface area contributed by atoms with Crippen molar-refractivity contribution in [3.05, 3.63) is 41.6 Å². The van der Waals surface area contributed by atoms with Crippen LogP contribution in [-0.4, -0.2) is 41.1 Å². The zero-order valence-electron chi connectivity index (χ0n) is 14.7. The average Bonchev–Trinajstić information content (AvgIpc) is 2.93. The van der Waals surface area contributed by atoms with E-state index < -0.39 is 0 Å². The van der Waals surface area contributed by atoms with Crippen molar-refractivity contribution in [2.75, 3.05) is 19.6 Å². The van der Waals surface area contributed by atoms with Gasteiger partial charge in [0.25, 0.3) is 0 Å². The molecular weight excluding hydrogens is 298 g/mol. The van der Waals surface area contributed by atoms with Gasteiger partial charge in [-0.25, -0.2) is 0 Å². The van der Waals surface area contributed by atoms with Crippen LogP contribution in [0.4, 0.5) is 0 Å². The number of benzene rings is 1. The third-order valence-corrected chi connectivity index (χ3v) is 5.54. The van der Waals surface area contributed by atoms with E-state index in [9.17, 15) is 4.79 Å². The van der Waals surface area contributed by atoms with Crippen LogP contribution in [0.1, 0.15) is 25.1 Å². The van der Waals surface area contributed by atoms with Crippen molar-refractivity contribution >= 4 is 22.4 Å². The van der Waals surface area contributed by atoms with Gasteiger partial charge in [0.15, 0.2) is 0 Å². The Hall–Kier alpha value is -2.07. The highest BCUT2D eigenvalue weighted by Gasteiger charge is 2.33. The Kier molecular flexibility index (Phi) is 3.72. The van der Waals surface area contributed by atoms with Crippen LogP contribution in [0.3, 0.4) is 0 Å². The fraction of sp³-hybridized carbons (Fsp3) is 0.450. The molecule has 4 rings (SSSR count). The minimum Gasteiger partial charge on any atom is -0.343 e. The predicted octanol–water partition coefficient (Wildman–Crippen LogP) is 2.80. The largest absolute Gasteiger partial charge is 0.343 e. The fourth-order valence-corrected chi connectivity index (χ4v) is 4.25. The molecule has 2 unspecified atom stereocenters. The molecule has 4 heteroatoms. The Morgan fingerprint density at radius 2 is 2.12 bits per heavy atom. The molecule has 1 aromatic carbocycles. The van der Waals surface area contributed by atoms with Gasteiger partial charge in [-0.05, 0) is 32.4 Å². The van der Waals surface area contributed by atoms with Crippen LogP contribution in [0.15, 0.2) is 30.3 Å². The Labute approximate surface area is 143 Å². The van der Waals surface area contributed by atoms with Crippen molar-refractivity contribution in [1.82, 2.24) is 14.8 Å². The lowest BCUT2D eigenvalue weighted by atomic mass is 9.86. The first-order valence-corrected chi connectivity index (χ1v) is 8.97. The number of fused-ring (bicyclic) bond motifs is 2. The third-order valence-electron chi connectivity index (χ3n) is 5.54. The summed E-state index contributed by atoms with van der Waals surface area (Å²) in [4.78, 5) is 14.7. The van der Waals surface area contributed by atoms with Crippen LogP contribution in [0, 0.1) is 12.8 Å². The Morgan fingerprint density at radius 3 is 2.88 bits per heavy atom. The monoisotopic (exact) mass is 323 g/mol. The highest BCUT2D eigenvalue weighted by Crippen LogP contribution is 2.37. The van der Waals surface area contributed by atoms with Gasteiger partial charge in [0.1, 0.15) is 0 Å². The molecule has 3 heterocycles. The molecule has 126 valence electrons. The highest BCUT2D eigenvalue weighted by atomic mass is 16.2. The van der Waals surface area contributed by atoms with Crippen LogP contribution < -0.4 is 5.32 Å². The number of aryl methyl sites for hydroxylation is 1. The molecule has 0 radical (unpaired) electrons. The van der Waals surface area contributed by atoms with Crippen molar-refractivity contribution in [1.29, 1.82) is 0 Å². The maximum Gasteiger partial charge on any atom is 0.230 e. The maximum atomic E-state index is 12.8. The van der Waals surface area contributed by atoms with E-state index in [0.29, 0.717) is 6.04 Å². The van der Waals surface area contributed by atoms with Gasteiger partial charge in [0.05, 0.1) is 17.5 Å². The number of nitrogens with one attached hydrogen (secondary N) is 1. The quantitative estimate of drug-likeness (QED) is 0.943. The SMILES string of the molecule is CCN(CC)C(=O)C1C=C2c3cccc4cc(C)n(c34)CC2NC1. The van der Waals surface area contributed by atoms with E-state index in [1.165, 1.54) is 27.7 Å². The first kappa shape index (κ1) is 15.5. The summed E-state index contributed by atoms with van der Waals surface area (Å²) >= 11 is 0. The van der Waals surface area contributed by atoms with Gasteiger partial charge in [-0.2, -0.15) is 0 Å². The number of nitrogens with zero attached hydrogens (tertiary/aromatic N) is 2. The van der Waals surface area contributed by atoms with Crippen LogP contribution in [0.5, 0.6) is 0 Å². The van der Waals surface area contributed by atoms with Crippen molar-refractivity contribution in [2.45, 2.75) is 33.4 Å². The van der Waals surface area contributed by atoms with Crippen molar-refractivity contribution in [2.24, 2.45) is 5.92 Å². The van der Waals surface area contributed by atoms with Crippen LogP contribution in [-0.2, 0) is 11.3 Å². The molecule has 0 spiro atoms. The van der Waals surface area contributed by atoms with Crippen molar-refractivity contribution < 1.29 is 4.79 Å². The second kappa shape index (κ2) is 5.78. The van der Waals surface area contributed by atoms with Gasteiger partial charge in [-0.3, -0.25) is 4.79 Å². The van der Waals surface area contributed by atoms with E-state index in [0.717, 1.165) is 26.2 Å². The molecule has 0 fully saturated rings. The summed E-state index contributed by atoms with van der Waals surface area (Å²) in [6.07, 6.45) is 2.22. The number of hydrogen-bond acceptors (Lipinski definition) is 2. The molecule has 0 saturated heterocycles. The number of aromatic nitrogens is 1. The van der Waals surface area contributed by atoms with E-state index in [2.05, 4.69) is 47.1 Å². The first-order chi connectivity index (χ1) is 11.6. The second-order valence-electron chi connectivity index (χ2n) is 6.84. The lowest BCUT2D eigenvalue weighted by Gasteiger charge is -2.36. The number of carbonyl (C=O) groups is 1. The number of amides is 1. The number of rotatable bonds is 3.